The van der Waals surface area contributed by atoms with Gasteiger partial charge in [0, 0.05) is 0 Å². The number of hydrogen-bond acceptors (Lipinski definition) is 1. The normalized spacial score (nSPS) is 14.2. The monoisotopic (exact) mass is 239 g/mol. The summed E-state index contributed by atoms with van der Waals surface area (Å²) in [4.78, 5) is 11.7. The molecule has 1 amide bonds. The standard InChI is InChI=1S/C13H18ClNO/c1-3-7-12(14)13(16)15-10(2)11-8-5-4-6-9-11/h4-6,8-10,12H,3,7H2,1-2H3,(H,15,16)/t10-,12-/m0/s1. The molecule has 1 N–H and O–H groups in total. The molecule has 0 aromatic heterocycles. The molecule has 0 saturated heterocycles. The summed E-state index contributed by atoms with van der Waals surface area (Å²) in [6.45, 7) is 3.98. The van der Waals surface area contributed by atoms with E-state index in [2.05, 4.69) is 5.32 Å². The van der Waals surface area contributed by atoms with Crippen LogP contribution in [0, 0.1) is 0 Å². The fourth-order valence-corrected chi connectivity index (χ4v) is 1.79. The van der Waals surface area contributed by atoms with Crippen LogP contribution < -0.4 is 5.32 Å². The van der Waals surface area contributed by atoms with Gasteiger partial charge in [0.1, 0.15) is 5.38 Å². The summed E-state index contributed by atoms with van der Waals surface area (Å²) in [5.74, 6) is -0.0835. The van der Waals surface area contributed by atoms with E-state index < -0.39 is 5.38 Å². The van der Waals surface area contributed by atoms with Crippen LogP contribution in [0.5, 0.6) is 0 Å². The second-order valence-corrected chi connectivity index (χ2v) is 4.42. The third-order valence-electron chi connectivity index (χ3n) is 2.48. The van der Waals surface area contributed by atoms with Gasteiger partial charge in [0.15, 0.2) is 0 Å². The summed E-state index contributed by atoms with van der Waals surface area (Å²) in [6.07, 6.45) is 1.64. The molecule has 0 radical (unpaired) electrons. The Morgan fingerprint density at radius 2 is 2.00 bits per heavy atom. The van der Waals surface area contributed by atoms with E-state index in [0.717, 1.165) is 18.4 Å². The highest BCUT2D eigenvalue weighted by Crippen LogP contribution is 2.13. The van der Waals surface area contributed by atoms with E-state index >= 15 is 0 Å². The van der Waals surface area contributed by atoms with Crippen molar-refractivity contribution >= 4 is 17.5 Å². The van der Waals surface area contributed by atoms with E-state index in [4.69, 9.17) is 11.6 Å². The van der Waals surface area contributed by atoms with Crippen LogP contribution in [0.3, 0.4) is 0 Å². The molecule has 0 unspecified atom stereocenters. The largest absolute Gasteiger partial charge is 0.348 e. The van der Waals surface area contributed by atoms with E-state index in [9.17, 15) is 4.79 Å². The maximum atomic E-state index is 11.7. The molecule has 16 heavy (non-hydrogen) atoms. The maximum absolute atomic E-state index is 11.7. The van der Waals surface area contributed by atoms with Crippen LogP contribution in [0.25, 0.3) is 0 Å². The highest BCUT2D eigenvalue weighted by atomic mass is 35.5. The number of benzene rings is 1. The fourth-order valence-electron chi connectivity index (χ4n) is 1.51. The third kappa shape index (κ3) is 3.86. The molecule has 1 aromatic carbocycles. The Kier molecular flexibility index (Phi) is 5.33. The van der Waals surface area contributed by atoms with Gasteiger partial charge in [-0.3, -0.25) is 4.79 Å². The van der Waals surface area contributed by atoms with Crippen molar-refractivity contribution in [2.75, 3.05) is 0 Å². The zero-order valence-corrected chi connectivity index (χ0v) is 10.5. The Morgan fingerprint density at radius 1 is 1.38 bits per heavy atom. The van der Waals surface area contributed by atoms with Gasteiger partial charge in [0.05, 0.1) is 6.04 Å². The first kappa shape index (κ1) is 13.0. The van der Waals surface area contributed by atoms with Crippen LogP contribution in [0.15, 0.2) is 30.3 Å². The zero-order valence-electron chi connectivity index (χ0n) is 9.74. The molecule has 1 aromatic rings. The molecule has 0 saturated carbocycles. The van der Waals surface area contributed by atoms with Gasteiger partial charge >= 0.3 is 0 Å². The number of alkyl halides is 1. The van der Waals surface area contributed by atoms with Crippen LogP contribution in [0.2, 0.25) is 0 Å². The molecule has 0 aliphatic carbocycles. The summed E-state index contributed by atoms with van der Waals surface area (Å²) >= 11 is 5.95. The van der Waals surface area contributed by atoms with Crippen molar-refractivity contribution in [3.05, 3.63) is 35.9 Å². The molecular weight excluding hydrogens is 222 g/mol. The maximum Gasteiger partial charge on any atom is 0.238 e. The minimum Gasteiger partial charge on any atom is -0.348 e. The molecule has 0 aliphatic heterocycles. The summed E-state index contributed by atoms with van der Waals surface area (Å²) in [6, 6.07) is 9.87. The van der Waals surface area contributed by atoms with Gasteiger partial charge in [0.2, 0.25) is 5.91 Å². The molecular formula is C13H18ClNO. The zero-order chi connectivity index (χ0) is 12.0. The third-order valence-corrected chi connectivity index (χ3v) is 2.90. The van der Waals surface area contributed by atoms with Crippen LogP contribution in [-0.2, 0) is 4.79 Å². The van der Waals surface area contributed by atoms with Crippen molar-refractivity contribution in [3.8, 4) is 0 Å². The lowest BCUT2D eigenvalue weighted by Crippen LogP contribution is -2.33. The van der Waals surface area contributed by atoms with Gasteiger partial charge in [-0.15, -0.1) is 11.6 Å². The van der Waals surface area contributed by atoms with Gasteiger partial charge in [-0.1, -0.05) is 43.7 Å². The lowest BCUT2D eigenvalue weighted by Gasteiger charge is -2.16. The van der Waals surface area contributed by atoms with Gasteiger partial charge in [-0.25, -0.2) is 0 Å². The number of halogens is 1. The summed E-state index contributed by atoms with van der Waals surface area (Å²) in [5.41, 5.74) is 1.09. The highest BCUT2D eigenvalue weighted by Gasteiger charge is 2.16. The van der Waals surface area contributed by atoms with Gasteiger partial charge in [0.25, 0.3) is 0 Å². The number of rotatable bonds is 5. The molecule has 0 spiro atoms. The molecule has 1 rings (SSSR count). The Balaban J connectivity index is 2.51. The number of carbonyl (C=O) groups excluding carboxylic acids is 1. The fraction of sp³-hybridized carbons (Fsp3) is 0.462. The predicted molar refractivity (Wildman–Crippen MR) is 67.5 cm³/mol. The molecule has 3 heteroatoms. The minimum atomic E-state index is -0.420. The number of hydrogen-bond donors (Lipinski definition) is 1. The Morgan fingerprint density at radius 3 is 2.56 bits per heavy atom. The molecule has 0 aliphatic rings. The quantitative estimate of drug-likeness (QED) is 0.785. The second-order valence-electron chi connectivity index (χ2n) is 3.90. The van der Waals surface area contributed by atoms with Gasteiger partial charge < -0.3 is 5.32 Å². The molecule has 0 bridgehead atoms. The summed E-state index contributed by atoms with van der Waals surface area (Å²) in [7, 11) is 0. The number of amides is 1. The van der Waals surface area contributed by atoms with Crippen molar-refractivity contribution in [3.63, 3.8) is 0 Å². The Hall–Kier alpha value is -1.02. The first-order chi connectivity index (χ1) is 7.65. The predicted octanol–water partition coefficient (Wildman–Crippen LogP) is 3.27. The topological polar surface area (TPSA) is 29.1 Å². The summed E-state index contributed by atoms with van der Waals surface area (Å²) < 4.78 is 0. The Labute approximate surface area is 102 Å². The van der Waals surface area contributed by atoms with Crippen molar-refractivity contribution in [2.45, 2.75) is 38.1 Å². The molecule has 2 nitrogen and oxygen atoms in total. The molecule has 0 heterocycles. The van der Waals surface area contributed by atoms with Crippen LogP contribution in [0.4, 0.5) is 0 Å². The first-order valence-electron chi connectivity index (χ1n) is 5.64. The average molecular weight is 240 g/mol. The smallest absolute Gasteiger partial charge is 0.238 e. The van der Waals surface area contributed by atoms with Crippen molar-refractivity contribution in [2.24, 2.45) is 0 Å². The van der Waals surface area contributed by atoms with E-state index in [1.165, 1.54) is 0 Å². The van der Waals surface area contributed by atoms with Crippen molar-refractivity contribution in [1.82, 2.24) is 5.32 Å². The average Bonchev–Trinajstić information content (AvgIpc) is 2.30. The lowest BCUT2D eigenvalue weighted by molar-refractivity contribution is -0.121. The van der Waals surface area contributed by atoms with E-state index in [0.29, 0.717) is 0 Å². The second kappa shape index (κ2) is 6.54. The summed E-state index contributed by atoms with van der Waals surface area (Å²) in [5, 5.41) is 2.49. The van der Waals surface area contributed by atoms with Crippen LogP contribution >= 0.6 is 11.6 Å². The van der Waals surface area contributed by atoms with Crippen molar-refractivity contribution < 1.29 is 4.79 Å². The lowest BCUT2D eigenvalue weighted by atomic mass is 10.1. The molecule has 88 valence electrons. The van der Waals surface area contributed by atoms with Crippen LogP contribution in [0.1, 0.15) is 38.3 Å². The van der Waals surface area contributed by atoms with E-state index in [1.54, 1.807) is 0 Å². The SMILES string of the molecule is CCC[C@H](Cl)C(=O)N[C@@H](C)c1ccccc1. The van der Waals surface area contributed by atoms with Gasteiger partial charge in [-0.2, -0.15) is 0 Å². The van der Waals surface area contributed by atoms with E-state index in [-0.39, 0.29) is 11.9 Å². The first-order valence-corrected chi connectivity index (χ1v) is 6.08. The number of nitrogens with one attached hydrogen (secondary N) is 1. The minimum absolute atomic E-state index is 0.00630. The Bertz CT molecular complexity index is 326. The highest BCUT2D eigenvalue weighted by molar-refractivity contribution is 6.30. The van der Waals surface area contributed by atoms with Crippen LogP contribution in [-0.4, -0.2) is 11.3 Å². The van der Waals surface area contributed by atoms with E-state index in [1.807, 2.05) is 44.2 Å². The molecule has 2 atom stereocenters. The number of carbonyl (C=O) groups is 1. The van der Waals surface area contributed by atoms with Gasteiger partial charge in [-0.05, 0) is 18.9 Å². The van der Waals surface area contributed by atoms with Crippen molar-refractivity contribution in [1.29, 1.82) is 0 Å². The molecule has 0 fully saturated rings.